The molecule has 0 spiro atoms. The number of allylic oxidation sites excluding steroid dienone is 1. The zero-order valence-corrected chi connectivity index (χ0v) is 10.2. The third-order valence-corrected chi connectivity index (χ3v) is 3.01. The minimum Gasteiger partial charge on any atom is -0.294 e. The first-order valence-corrected chi connectivity index (χ1v) is 6.08. The van der Waals surface area contributed by atoms with Gasteiger partial charge >= 0.3 is 0 Å². The van der Waals surface area contributed by atoms with Gasteiger partial charge in [0.15, 0.2) is 5.78 Å². The highest BCUT2D eigenvalue weighted by Gasteiger charge is 2.30. The summed E-state index contributed by atoms with van der Waals surface area (Å²) >= 11 is 0. The van der Waals surface area contributed by atoms with Crippen molar-refractivity contribution in [1.29, 1.82) is 0 Å². The minimum atomic E-state index is -0.671. The molecule has 0 heterocycles. The number of rotatable bonds is 4. The van der Waals surface area contributed by atoms with Crippen LogP contribution in [0.25, 0.3) is 6.08 Å². The van der Waals surface area contributed by atoms with Crippen LogP contribution in [0.5, 0.6) is 0 Å². The Morgan fingerprint density at radius 2 is 1.83 bits per heavy atom. The van der Waals surface area contributed by atoms with Gasteiger partial charge in [0, 0.05) is 12.0 Å². The lowest BCUT2D eigenvalue weighted by molar-refractivity contribution is -0.119. The quantitative estimate of drug-likeness (QED) is 0.602. The Bertz CT molecular complexity index is 553. The van der Waals surface area contributed by atoms with Gasteiger partial charge in [-0.05, 0) is 18.1 Å². The molecule has 3 nitrogen and oxygen atoms in total. The first kappa shape index (κ1) is 12.4. The highest BCUT2D eigenvalue weighted by Crippen LogP contribution is 2.23. The molecule has 0 fully saturated rings. The Morgan fingerprint density at radius 3 is 2.56 bits per heavy atom. The van der Waals surface area contributed by atoms with Crippen LogP contribution < -0.4 is 0 Å². The second kappa shape index (κ2) is 5.08. The molecule has 2 rings (SSSR count). The molecule has 1 aliphatic rings. The van der Waals surface area contributed by atoms with Crippen LogP contribution in [0.4, 0.5) is 0 Å². The molecule has 18 heavy (non-hydrogen) atoms. The van der Waals surface area contributed by atoms with Crippen molar-refractivity contribution in [2.45, 2.75) is 26.2 Å². The Balaban J connectivity index is 2.38. The number of ketones is 3. The molecule has 92 valence electrons. The van der Waals surface area contributed by atoms with Gasteiger partial charge in [0.05, 0.1) is 5.57 Å². The first-order chi connectivity index (χ1) is 8.65. The van der Waals surface area contributed by atoms with E-state index in [0.717, 1.165) is 12.8 Å². The summed E-state index contributed by atoms with van der Waals surface area (Å²) in [4.78, 5) is 35.6. The number of carbonyl (C=O) groups is 3. The zero-order chi connectivity index (χ0) is 13.1. The fraction of sp³-hybridized carbons (Fsp3) is 0.267. The molecule has 0 N–H and O–H groups in total. The van der Waals surface area contributed by atoms with Gasteiger partial charge in [-0.3, -0.25) is 14.4 Å². The number of carbonyl (C=O) groups excluding carboxylic acids is 3. The van der Waals surface area contributed by atoms with Crippen molar-refractivity contribution in [1.82, 2.24) is 0 Å². The van der Waals surface area contributed by atoms with Crippen LogP contribution >= 0.6 is 0 Å². The summed E-state index contributed by atoms with van der Waals surface area (Å²) in [7, 11) is 0. The molecule has 0 atom stereocenters. The number of unbranched alkanes of at least 4 members (excludes halogenated alkanes) is 1. The van der Waals surface area contributed by atoms with E-state index < -0.39 is 11.6 Å². The smallest absolute Gasteiger partial charge is 0.237 e. The summed E-state index contributed by atoms with van der Waals surface area (Å²) < 4.78 is 0. The van der Waals surface area contributed by atoms with E-state index in [1.807, 2.05) is 6.92 Å². The van der Waals surface area contributed by atoms with Crippen LogP contribution in [0, 0.1) is 0 Å². The highest BCUT2D eigenvalue weighted by atomic mass is 16.2. The van der Waals surface area contributed by atoms with Crippen molar-refractivity contribution in [3.05, 3.63) is 41.0 Å². The number of hydrogen-bond donors (Lipinski definition) is 0. The van der Waals surface area contributed by atoms with Crippen LogP contribution in [0.2, 0.25) is 0 Å². The van der Waals surface area contributed by atoms with Crippen LogP contribution in [-0.4, -0.2) is 17.3 Å². The summed E-state index contributed by atoms with van der Waals surface area (Å²) in [5.41, 5.74) is 1.07. The molecule has 1 aliphatic carbocycles. The van der Waals surface area contributed by atoms with E-state index in [2.05, 4.69) is 0 Å². The molecule has 0 amide bonds. The molecule has 1 aromatic carbocycles. The lowest BCUT2D eigenvalue weighted by atomic mass is 9.87. The summed E-state index contributed by atoms with van der Waals surface area (Å²) in [6.45, 7) is 1.98. The van der Waals surface area contributed by atoms with Gasteiger partial charge in [-0.25, -0.2) is 0 Å². The van der Waals surface area contributed by atoms with Crippen LogP contribution in [0.15, 0.2) is 29.8 Å². The molecule has 3 heteroatoms. The zero-order valence-electron chi connectivity index (χ0n) is 10.2. The Labute approximate surface area is 106 Å². The molecule has 0 saturated heterocycles. The van der Waals surface area contributed by atoms with Gasteiger partial charge < -0.3 is 0 Å². The Morgan fingerprint density at radius 1 is 1.11 bits per heavy atom. The number of Topliss-reactive ketones (excluding diaryl/α,β-unsaturated/α-hetero) is 3. The van der Waals surface area contributed by atoms with Gasteiger partial charge in [-0.1, -0.05) is 37.6 Å². The molecule has 0 unspecified atom stereocenters. The lowest BCUT2D eigenvalue weighted by Gasteiger charge is -2.13. The van der Waals surface area contributed by atoms with Crippen molar-refractivity contribution in [2.24, 2.45) is 0 Å². The average molecular weight is 242 g/mol. The fourth-order valence-electron chi connectivity index (χ4n) is 1.97. The molecule has 0 aromatic heterocycles. The standard InChI is InChI=1S/C15H14O3/c1-2-3-8-13(16)12-9-10-6-4-5-7-11(10)14(17)15(12)18/h4-7,9H,2-3,8H2,1H3. The van der Waals surface area contributed by atoms with E-state index in [0.29, 0.717) is 17.5 Å². The molecule has 0 bridgehead atoms. The third kappa shape index (κ3) is 2.16. The van der Waals surface area contributed by atoms with E-state index in [1.54, 1.807) is 24.3 Å². The lowest BCUT2D eigenvalue weighted by Crippen LogP contribution is -2.25. The molecule has 0 radical (unpaired) electrons. The number of fused-ring (bicyclic) bond motifs is 1. The van der Waals surface area contributed by atoms with Crippen LogP contribution in [0.1, 0.15) is 42.1 Å². The molecule has 1 aromatic rings. The van der Waals surface area contributed by atoms with Crippen molar-refractivity contribution in [3.63, 3.8) is 0 Å². The summed E-state index contributed by atoms with van der Waals surface area (Å²) in [6, 6.07) is 6.85. The normalized spacial score (nSPS) is 14.2. The molecular formula is C15H14O3. The largest absolute Gasteiger partial charge is 0.294 e. The molecule has 0 saturated carbocycles. The minimum absolute atomic E-state index is 0.0344. The summed E-state index contributed by atoms with van der Waals surface area (Å²) in [5, 5.41) is 0. The van der Waals surface area contributed by atoms with Crippen molar-refractivity contribution in [2.75, 3.05) is 0 Å². The third-order valence-electron chi connectivity index (χ3n) is 3.01. The molecular weight excluding hydrogens is 228 g/mol. The fourth-order valence-corrected chi connectivity index (χ4v) is 1.97. The average Bonchev–Trinajstić information content (AvgIpc) is 2.40. The summed E-state index contributed by atoms with van der Waals surface area (Å²) in [5.74, 6) is -1.48. The number of benzene rings is 1. The molecule has 0 aliphatic heterocycles. The second-order valence-corrected chi connectivity index (χ2v) is 4.33. The predicted molar refractivity (Wildman–Crippen MR) is 68.3 cm³/mol. The van der Waals surface area contributed by atoms with Gasteiger partial charge in [0.2, 0.25) is 11.6 Å². The van der Waals surface area contributed by atoms with Crippen molar-refractivity contribution in [3.8, 4) is 0 Å². The van der Waals surface area contributed by atoms with Gasteiger partial charge in [-0.2, -0.15) is 0 Å². The Hall–Kier alpha value is -2.03. The van der Waals surface area contributed by atoms with E-state index in [9.17, 15) is 14.4 Å². The topological polar surface area (TPSA) is 51.2 Å². The van der Waals surface area contributed by atoms with Gasteiger partial charge in [-0.15, -0.1) is 0 Å². The second-order valence-electron chi connectivity index (χ2n) is 4.33. The van der Waals surface area contributed by atoms with Crippen LogP contribution in [-0.2, 0) is 9.59 Å². The monoisotopic (exact) mass is 242 g/mol. The maximum absolute atomic E-state index is 11.9. The van der Waals surface area contributed by atoms with Crippen LogP contribution in [0.3, 0.4) is 0 Å². The van der Waals surface area contributed by atoms with E-state index in [1.165, 1.54) is 6.08 Å². The van der Waals surface area contributed by atoms with Crippen molar-refractivity contribution < 1.29 is 14.4 Å². The maximum atomic E-state index is 11.9. The van der Waals surface area contributed by atoms with Crippen molar-refractivity contribution >= 4 is 23.4 Å². The maximum Gasteiger partial charge on any atom is 0.237 e. The highest BCUT2D eigenvalue weighted by molar-refractivity contribution is 6.56. The van der Waals surface area contributed by atoms with E-state index in [-0.39, 0.29) is 11.4 Å². The Kier molecular flexibility index (Phi) is 3.51. The number of hydrogen-bond acceptors (Lipinski definition) is 3. The van der Waals surface area contributed by atoms with E-state index in [4.69, 9.17) is 0 Å². The predicted octanol–water partition coefficient (Wildman–Crippen LogP) is 2.59. The van der Waals surface area contributed by atoms with Gasteiger partial charge in [0.25, 0.3) is 0 Å². The first-order valence-electron chi connectivity index (χ1n) is 6.08. The van der Waals surface area contributed by atoms with Gasteiger partial charge in [0.1, 0.15) is 0 Å². The van der Waals surface area contributed by atoms with E-state index >= 15 is 0 Å². The SMILES string of the molecule is CCCCC(=O)C1=Cc2ccccc2C(=O)C1=O. The summed E-state index contributed by atoms with van der Waals surface area (Å²) in [6.07, 6.45) is 3.48.